The molecule has 94 valence electrons. The highest BCUT2D eigenvalue weighted by Crippen LogP contribution is 2.31. The van der Waals surface area contributed by atoms with Crippen LogP contribution in [-0.4, -0.2) is 21.8 Å². The van der Waals surface area contributed by atoms with Crippen LogP contribution < -0.4 is 0 Å². The molecule has 1 aromatic rings. The summed E-state index contributed by atoms with van der Waals surface area (Å²) in [5, 5.41) is 8.74. The highest BCUT2D eigenvalue weighted by atomic mass is 32.2. The summed E-state index contributed by atoms with van der Waals surface area (Å²) in [6, 6.07) is 1.62. The third-order valence-electron chi connectivity index (χ3n) is 1.82. The van der Waals surface area contributed by atoms with Crippen LogP contribution in [0.15, 0.2) is 17.2 Å². The number of halogens is 3. The number of pyridine rings is 1. The van der Waals surface area contributed by atoms with E-state index in [0.717, 1.165) is 24.2 Å². The zero-order chi connectivity index (χ0) is 13.1. The first-order valence-electron chi connectivity index (χ1n) is 4.80. The first-order chi connectivity index (χ1) is 7.86. The molecule has 0 bridgehead atoms. The summed E-state index contributed by atoms with van der Waals surface area (Å²) in [6.45, 7) is 1.85. The smallest absolute Gasteiger partial charge is 0.433 e. The summed E-state index contributed by atoms with van der Waals surface area (Å²) in [4.78, 5) is 14.2. The summed E-state index contributed by atoms with van der Waals surface area (Å²) in [7, 11) is 0. The lowest BCUT2D eigenvalue weighted by atomic mass is 10.2. The summed E-state index contributed by atoms with van der Waals surface area (Å²) in [5.41, 5.74) is -1.27. The highest BCUT2D eigenvalue weighted by Gasteiger charge is 2.33. The zero-order valence-corrected chi connectivity index (χ0v) is 9.73. The van der Waals surface area contributed by atoms with Crippen molar-refractivity contribution in [3.8, 4) is 0 Å². The fraction of sp³-hybridized carbons (Fsp3) is 0.400. The number of carboxylic acids is 1. The van der Waals surface area contributed by atoms with Crippen LogP contribution >= 0.6 is 11.8 Å². The van der Waals surface area contributed by atoms with Gasteiger partial charge in [0.15, 0.2) is 0 Å². The van der Waals surface area contributed by atoms with Gasteiger partial charge in [-0.2, -0.15) is 13.2 Å². The second kappa shape index (κ2) is 5.39. The number of rotatable bonds is 4. The Morgan fingerprint density at radius 1 is 1.47 bits per heavy atom. The lowest BCUT2D eigenvalue weighted by molar-refractivity contribution is -0.141. The molecule has 0 saturated carbocycles. The van der Waals surface area contributed by atoms with Crippen molar-refractivity contribution < 1.29 is 23.1 Å². The van der Waals surface area contributed by atoms with Crippen LogP contribution in [0.2, 0.25) is 0 Å². The monoisotopic (exact) mass is 265 g/mol. The predicted octanol–water partition coefficient (Wildman–Crippen LogP) is 3.30. The first kappa shape index (κ1) is 13.8. The molecule has 1 heterocycles. The maximum atomic E-state index is 12.4. The first-order valence-corrected chi connectivity index (χ1v) is 5.79. The Kier molecular flexibility index (Phi) is 4.39. The maximum Gasteiger partial charge on any atom is 0.433 e. The van der Waals surface area contributed by atoms with Gasteiger partial charge in [-0.05, 0) is 24.3 Å². The summed E-state index contributed by atoms with van der Waals surface area (Å²) in [5.74, 6) is -0.751. The van der Waals surface area contributed by atoms with Crippen molar-refractivity contribution in [2.24, 2.45) is 0 Å². The molecule has 3 nitrogen and oxygen atoms in total. The minimum atomic E-state index is -4.56. The quantitative estimate of drug-likeness (QED) is 0.848. The number of alkyl halides is 3. The molecule has 7 heteroatoms. The van der Waals surface area contributed by atoms with E-state index in [1.807, 2.05) is 6.92 Å². The van der Waals surface area contributed by atoms with Crippen molar-refractivity contribution in [3.05, 3.63) is 23.4 Å². The zero-order valence-electron chi connectivity index (χ0n) is 8.91. The van der Waals surface area contributed by atoms with Gasteiger partial charge in [0, 0.05) is 0 Å². The molecule has 0 aliphatic carbocycles. The molecule has 0 radical (unpaired) electrons. The van der Waals surface area contributed by atoms with Crippen LogP contribution in [0.4, 0.5) is 13.2 Å². The maximum absolute atomic E-state index is 12.4. The minimum absolute atomic E-state index is 0.0887. The molecule has 0 fully saturated rings. The molecule has 0 spiro atoms. The molecule has 1 N–H and O–H groups in total. The van der Waals surface area contributed by atoms with E-state index in [2.05, 4.69) is 4.98 Å². The van der Waals surface area contributed by atoms with Gasteiger partial charge in [-0.15, -0.1) is 11.8 Å². The number of aromatic nitrogens is 1. The van der Waals surface area contributed by atoms with Gasteiger partial charge in [-0.25, -0.2) is 9.78 Å². The molecule has 0 aliphatic heterocycles. The average Bonchev–Trinajstić information content (AvgIpc) is 2.24. The third kappa shape index (κ3) is 3.62. The molecule has 1 rings (SSSR count). The summed E-state index contributed by atoms with van der Waals surface area (Å²) in [6.07, 6.45) is -3.83. The topological polar surface area (TPSA) is 50.2 Å². The van der Waals surface area contributed by atoms with Gasteiger partial charge in [0.1, 0.15) is 10.7 Å². The minimum Gasteiger partial charge on any atom is -0.478 e. The molecule has 17 heavy (non-hydrogen) atoms. The normalized spacial score (nSPS) is 11.5. The van der Waals surface area contributed by atoms with E-state index in [1.165, 1.54) is 0 Å². The summed E-state index contributed by atoms with van der Waals surface area (Å²) < 4.78 is 37.2. The van der Waals surface area contributed by atoms with E-state index >= 15 is 0 Å². The second-order valence-corrected chi connectivity index (χ2v) is 4.28. The van der Waals surface area contributed by atoms with Gasteiger partial charge in [0.25, 0.3) is 0 Å². The molecular formula is C10H10F3NO2S. The Morgan fingerprint density at radius 2 is 2.12 bits per heavy atom. The molecule has 0 saturated heterocycles. The lowest BCUT2D eigenvalue weighted by Gasteiger charge is -2.09. The van der Waals surface area contributed by atoms with E-state index in [-0.39, 0.29) is 10.6 Å². The number of nitrogens with zero attached hydrogens (tertiary/aromatic N) is 1. The Bertz CT molecular complexity index is 421. The number of hydrogen-bond acceptors (Lipinski definition) is 3. The van der Waals surface area contributed by atoms with Crippen molar-refractivity contribution in [3.63, 3.8) is 0 Å². The van der Waals surface area contributed by atoms with E-state index in [9.17, 15) is 18.0 Å². The Balaban J connectivity index is 3.14. The molecular weight excluding hydrogens is 255 g/mol. The Hall–Kier alpha value is -1.24. The van der Waals surface area contributed by atoms with Gasteiger partial charge < -0.3 is 5.11 Å². The average molecular weight is 265 g/mol. The van der Waals surface area contributed by atoms with Gasteiger partial charge in [-0.3, -0.25) is 0 Å². The highest BCUT2D eigenvalue weighted by molar-refractivity contribution is 7.99. The summed E-state index contributed by atoms with van der Waals surface area (Å²) >= 11 is 1.01. The SMILES string of the molecule is CCCSc1nc(C(F)(F)F)ccc1C(=O)O. The van der Waals surface area contributed by atoms with E-state index in [1.54, 1.807) is 0 Å². The molecule has 0 atom stereocenters. The van der Waals surface area contributed by atoms with E-state index < -0.39 is 17.8 Å². The number of carbonyl (C=O) groups is 1. The fourth-order valence-electron chi connectivity index (χ4n) is 1.07. The van der Waals surface area contributed by atoms with Crippen LogP contribution in [0.25, 0.3) is 0 Å². The van der Waals surface area contributed by atoms with Gasteiger partial charge in [0.05, 0.1) is 5.56 Å². The number of thioether (sulfide) groups is 1. The van der Waals surface area contributed by atoms with Crippen LogP contribution in [0.1, 0.15) is 29.4 Å². The van der Waals surface area contributed by atoms with Crippen LogP contribution in [0.3, 0.4) is 0 Å². The van der Waals surface area contributed by atoms with Crippen molar-refractivity contribution in [2.75, 3.05) is 5.75 Å². The Labute approximate surface area is 100 Å². The third-order valence-corrected chi connectivity index (χ3v) is 3.02. The van der Waals surface area contributed by atoms with Crippen LogP contribution in [0.5, 0.6) is 0 Å². The standard InChI is InChI=1S/C10H10F3NO2S/c1-2-5-17-8-6(9(15)16)3-4-7(14-8)10(11,12)13/h3-4H,2,5H2,1H3,(H,15,16). The number of aromatic carboxylic acids is 1. The molecule has 0 unspecified atom stereocenters. The van der Waals surface area contributed by atoms with Crippen molar-refractivity contribution in [2.45, 2.75) is 24.5 Å². The van der Waals surface area contributed by atoms with Crippen molar-refractivity contribution in [1.82, 2.24) is 4.98 Å². The Morgan fingerprint density at radius 3 is 2.59 bits per heavy atom. The van der Waals surface area contributed by atoms with Gasteiger partial charge in [0.2, 0.25) is 0 Å². The van der Waals surface area contributed by atoms with Crippen LogP contribution in [-0.2, 0) is 6.18 Å². The largest absolute Gasteiger partial charge is 0.478 e. The van der Waals surface area contributed by atoms with Gasteiger partial charge >= 0.3 is 12.1 Å². The van der Waals surface area contributed by atoms with Gasteiger partial charge in [-0.1, -0.05) is 6.92 Å². The number of hydrogen-bond donors (Lipinski definition) is 1. The fourth-order valence-corrected chi connectivity index (χ4v) is 1.94. The molecule has 0 aliphatic rings. The molecule has 0 aromatic carbocycles. The van der Waals surface area contributed by atoms with Crippen LogP contribution in [0, 0.1) is 0 Å². The van der Waals surface area contributed by atoms with E-state index in [4.69, 9.17) is 5.11 Å². The van der Waals surface area contributed by atoms with E-state index in [0.29, 0.717) is 11.8 Å². The number of carboxylic acid groups (broad SMARTS) is 1. The van der Waals surface area contributed by atoms with Crippen molar-refractivity contribution >= 4 is 17.7 Å². The molecule has 1 aromatic heterocycles. The lowest BCUT2D eigenvalue weighted by Crippen LogP contribution is -2.11. The predicted molar refractivity (Wildman–Crippen MR) is 57.2 cm³/mol. The van der Waals surface area contributed by atoms with Crippen molar-refractivity contribution in [1.29, 1.82) is 0 Å². The molecule has 0 amide bonds. The second-order valence-electron chi connectivity index (χ2n) is 3.20.